The molecule has 0 saturated carbocycles. The van der Waals surface area contributed by atoms with Crippen molar-refractivity contribution in [2.45, 2.75) is 58.7 Å². The van der Waals surface area contributed by atoms with E-state index >= 15 is 0 Å². The number of carbonyl (C=O) groups is 1. The van der Waals surface area contributed by atoms with Crippen molar-refractivity contribution < 1.29 is 22.4 Å². The minimum Gasteiger partial charge on any atom is -0.267 e. The standard InChI is InChI=1S/C18H21F4N3OS/c1-5-6-9-25-16(27-15(24-25)17(2,3)4)23-14(26)12-10-11(18(20,21)22)7-8-13(12)19/h7-8,10H,5-6,9H2,1-4H3/b23-16-. The highest BCUT2D eigenvalue weighted by Gasteiger charge is 2.32. The molecule has 2 rings (SSSR count). The molecular weight excluding hydrogens is 382 g/mol. The Morgan fingerprint density at radius 1 is 1.26 bits per heavy atom. The van der Waals surface area contributed by atoms with Gasteiger partial charge in [-0.15, -0.1) is 0 Å². The molecule has 0 N–H and O–H groups in total. The van der Waals surface area contributed by atoms with Crippen LogP contribution in [-0.4, -0.2) is 15.7 Å². The molecule has 0 fully saturated rings. The van der Waals surface area contributed by atoms with Crippen LogP contribution in [0.4, 0.5) is 17.6 Å². The molecule has 1 aromatic heterocycles. The fourth-order valence-corrected chi connectivity index (χ4v) is 3.15. The molecule has 0 aliphatic rings. The van der Waals surface area contributed by atoms with Crippen LogP contribution in [0.3, 0.4) is 0 Å². The highest BCUT2D eigenvalue weighted by Crippen LogP contribution is 2.30. The molecule has 1 amide bonds. The van der Waals surface area contributed by atoms with E-state index in [1.807, 2.05) is 27.7 Å². The number of carbonyl (C=O) groups excluding carboxylic acids is 1. The van der Waals surface area contributed by atoms with E-state index in [1.165, 1.54) is 11.3 Å². The Hall–Kier alpha value is -2.03. The molecule has 0 aliphatic carbocycles. The van der Waals surface area contributed by atoms with Gasteiger partial charge in [0.1, 0.15) is 10.8 Å². The summed E-state index contributed by atoms with van der Waals surface area (Å²) in [5.74, 6) is -2.11. The van der Waals surface area contributed by atoms with Crippen LogP contribution in [0.15, 0.2) is 23.2 Å². The molecule has 0 unspecified atom stereocenters. The Bertz CT molecular complexity index is 891. The van der Waals surface area contributed by atoms with Gasteiger partial charge in [-0.3, -0.25) is 4.79 Å². The monoisotopic (exact) mass is 403 g/mol. The molecule has 1 heterocycles. The Morgan fingerprint density at radius 2 is 1.93 bits per heavy atom. The zero-order valence-electron chi connectivity index (χ0n) is 15.5. The van der Waals surface area contributed by atoms with E-state index in [0.717, 1.165) is 17.8 Å². The third kappa shape index (κ3) is 5.24. The van der Waals surface area contributed by atoms with Gasteiger partial charge >= 0.3 is 6.18 Å². The maximum atomic E-state index is 13.9. The van der Waals surface area contributed by atoms with E-state index in [4.69, 9.17) is 0 Å². The van der Waals surface area contributed by atoms with Crippen molar-refractivity contribution in [1.82, 2.24) is 9.78 Å². The minimum absolute atomic E-state index is 0.246. The Morgan fingerprint density at radius 3 is 2.48 bits per heavy atom. The average Bonchev–Trinajstić information content (AvgIpc) is 2.95. The second-order valence-corrected chi connectivity index (χ2v) is 8.08. The van der Waals surface area contributed by atoms with E-state index < -0.39 is 29.0 Å². The molecule has 0 atom stereocenters. The van der Waals surface area contributed by atoms with Crippen molar-refractivity contribution in [3.63, 3.8) is 0 Å². The SMILES string of the molecule is CCCCn1nc(C(C)(C)C)s/c1=N\C(=O)c1cc(C(F)(F)F)ccc1F. The number of nitrogens with zero attached hydrogens (tertiary/aromatic N) is 3. The first-order valence-electron chi connectivity index (χ1n) is 8.47. The van der Waals surface area contributed by atoms with E-state index in [2.05, 4.69) is 10.1 Å². The summed E-state index contributed by atoms with van der Waals surface area (Å²) >= 11 is 1.18. The highest BCUT2D eigenvalue weighted by atomic mass is 32.1. The predicted octanol–water partition coefficient (Wildman–Crippen LogP) is 4.94. The maximum absolute atomic E-state index is 13.9. The third-order valence-electron chi connectivity index (χ3n) is 3.71. The Kier molecular flexibility index (Phi) is 6.24. The van der Waals surface area contributed by atoms with Crippen molar-refractivity contribution in [3.05, 3.63) is 45.0 Å². The summed E-state index contributed by atoms with van der Waals surface area (Å²) in [5.41, 5.74) is -2.09. The number of rotatable bonds is 4. The number of benzene rings is 1. The molecule has 4 nitrogen and oxygen atoms in total. The largest absolute Gasteiger partial charge is 0.416 e. The Balaban J connectivity index is 2.52. The molecule has 0 saturated heterocycles. The van der Waals surface area contributed by atoms with Crippen LogP contribution in [0.1, 0.15) is 61.5 Å². The number of amides is 1. The first kappa shape index (κ1) is 21.3. The summed E-state index contributed by atoms with van der Waals surface area (Å²) in [6, 6.07) is 1.71. The van der Waals surface area contributed by atoms with Gasteiger partial charge in [0.2, 0.25) is 4.80 Å². The van der Waals surface area contributed by atoms with E-state index in [1.54, 1.807) is 4.68 Å². The Labute approximate surface area is 158 Å². The van der Waals surface area contributed by atoms with Gasteiger partial charge in [0, 0.05) is 12.0 Å². The second-order valence-electron chi connectivity index (χ2n) is 7.13. The van der Waals surface area contributed by atoms with Gasteiger partial charge in [0.15, 0.2) is 0 Å². The maximum Gasteiger partial charge on any atom is 0.416 e. The molecule has 0 spiro atoms. The lowest BCUT2D eigenvalue weighted by Crippen LogP contribution is -2.19. The second kappa shape index (κ2) is 7.92. The number of aryl methyl sites for hydroxylation is 1. The van der Waals surface area contributed by atoms with Gasteiger partial charge in [-0.1, -0.05) is 45.5 Å². The number of aromatic nitrogens is 2. The molecule has 2 aromatic rings. The van der Waals surface area contributed by atoms with Gasteiger partial charge in [-0.05, 0) is 24.6 Å². The summed E-state index contributed by atoms with van der Waals surface area (Å²) in [4.78, 5) is 16.5. The van der Waals surface area contributed by atoms with Gasteiger partial charge in [0.25, 0.3) is 5.91 Å². The molecule has 27 heavy (non-hydrogen) atoms. The molecule has 148 valence electrons. The van der Waals surface area contributed by atoms with Crippen molar-refractivity contribution in [1.29, 1.82) is 0 Å². The molecule has 1 aromatic carbocycles. The molecule has 0 aliphatic heterocycles. The number of hydrogen-bond donors (Lipinski definition) is 0. The third-order valence-corrected chi connectivity index (χ3v) is 5.08. The lowest BCUT2D eigenvalue weighted by atomic mass is 9.98. The van der Waals surface area contributed by atoms with Crippen molar-refractivity contribution in [2.24, 2.45) is 4.99 Å². The van der Waals surface area contributed by atoms with Crippen LogP contribution < -0.4 is 4.80 Å². The predicted molar refractivity (Wildman–Crippen MR) is 95.0 cm³/mol. The fourth-order valence-electron chi connectivity index (χ4n) is 2.16. The van der Waals surface area contributed by atoms with Crippen molar-refractivity contribution in [3.8, 4) is 0 Å². The summed E-state index contributed by atoms with van der Waals surface area (Å²) < 4.78 is 54.0. The summed E-state index contributed by atoms with van der Waals surface area (Å²) in [6.45, 7) is 8.37. The van der Waals surface area contributed by atoms with Gasteiger partial charge in [-0.2, -0.15) is 23.3 Å². The molecule has 0 radical (unpaired) electrons. The smallest absolute Gasteiger partial charge is 0.267 e. The van der Waals surface area contributed by atoms with Crippen LogP contribution in [0, 0.1) is 5.82 Å². The van der Waals surface area contributed by atoms with Crippen molar-refractivity contribution in [2.75, 3.05) is 0 Å². The van der Waals surface area contributed by atoms with Crippen LogP contribution in [-0.2, 0) is 18.1 Å². The summed E-state index contributed by atoms with van der Waals surface area (Å²) in [6.07, 6.45) is -2.98. The zero-order valence-corrected chi connectivity index (χ0v) is 16.3. The van der Waals surface area contributed by atoms with Gasteiger partial charge < -0.3 is 0 Å². The molecule has 9 heteroatoms. The lowest BCUT2D eigenvalue weighted by Gasteiger charge is -2.12. The van der Waals surface area contributed by atoms with Crippen LogP contribution in [0.2, 0.25) is 0 Å². The van der Waals surface area contributed by atoms with Crippen LogP contribution >= 0.6 is 11.3 Å². The lowest BCUT2D eigenvalue weighted by molar-refractivity contribution is -0.137. The van der Waals surface area contributed by atoms with Gasteiger partial charge in [-0.25, -0.2) is 9.07 Å². The number of halogens is 4. The summed E-state index contributed by atoms with van der Waals surface area (Å²) in [7, 11) is 0. The minimum atomic E-state index is -4.67. The van der Waals surface area contributed by atoms with E-state index in [-0.39, 0.29) is 10.2 Å². The highest BCUT2D eigenvalue weighted by molar-refractivity contribution is 7.09. The average molecular weight is 403 g/mol. The van der Waals surface area contributed by atoms with E-state index in [0.29, 0.717) is 24.7 Å². The number of hydrogen-bond acceptors (Lipinski definition) is 3. The van der Waals surface area contributed by atoms with Crippen LogP contribution in [0.25, 0.3) is 0 Å². The van der Waals surface area contributed by atoms with Crippen LogP contribution in [0.5, 0.6) is 0 Å². The molecular formula is C18H21F4N3OS. The molecule has 0 bridgehead atoms. The van der Waals surface area contributed by atoms with Gasteiger partial charge in [0.05, 0.1) is 11.1 Å². The first-order chi connectivity index (χ1) is 12.4. The zero-order chi connectivity index (χ0) is 20.4. The van der Waals surface area contributed by atoms with Crippen molar-refractivity contribution >= 4 is 17.2 Å². The number of unbranched alkanes of at least 4 members (excludes halogenated alkanes) is 1. The fraction of sp³-hybridized carbons (Fsp3) is 0.500. The number of alkyl halides is 3. The topological polar surface area (TPSA) is 47.2 Å². The van der Waals surface area contributed by atoms with E-state index in [9.17, 15) is 22.4 Å². The summed E-state index contributed by atoms with van der Waals surface area (Å²) in [5, 5.41) is 5.19. The quantitative estimate of drug-likeness (QED) is 0.679. The normalized spacial score (nSPS) is 13.3. The first-order valence-corrected chi connectivity index (χ1v) is 9.29.